The number of rotatable bonds is 3. The maximum atomic E-state index is 2.28. The highest BCUT2D eigenvalue weighted by Gasteiger charge is 2.01. The van der Waals surface area contributed by atoms with E-state index in [1.54, 1.807) is 0 Å². The molecule has 0 nitrogen and oxygen atoms in total. The zero-order valence-corrected chi connectivity index (χ0v) is 15.5. The predicted octanol–water partition coefficient (Wildman–Crippen LogP) is 7.83. The lowest BCUT2D eigenvalue weighted by Gasteiger charge is -2.05. The fourth-order valence-electron chi connectivity index (χ4n) is 3.73. The van der Waals surface area contributed by atoms with Crippen molar-refractivity contribution in [2.75, 3.05) is 0 Å². The third kappa shape index (κ3) is 3.21. The van der Waals surface area contributed by atoms with Crippen LogP contribution in [0.25, 0.3) is 44.8 Å². The molecule has 0 heterocycles. The van der Waals surface area contributed by atoms with Gasteiger partial charge in [0.25, 0.3) is 0 Å². The lowest BCUT2D eigenvalue weighted by molar-refractivity contribution is 1.60. The molecule has 0 aliphatic rings. The summed E-state index contributed by atoms with van der Waals surface area (Å²) in [6.45, 7) is 0. The van der Waals surface area contributed by atoms with Crippen molar-refractivity contribution in [1.29, 1.82) is 0 Å². The van der Waals surface area contributed by atoms with E-state index in [4.69, 9.17) is 0 Å². The normalized spacial score (nSPS) is 11.4. The van der Waals surface area contributed by atoms with E-state index < -0.39 is 0 Å². The second kappa shape index (κ2) is 7.17. The summed E-state index contributed by atoms with van der Waals surface area (Å²) in [5.41, 5.74) is 4.92. The summed E-state index contributed by atoms with van der Waals surface area (Å²) >= 11 is 0. The molecular formula is C28H20. The third-order valence-corrected chi connectivity index (χ3v) is 5.26. The van der Waals surface area contributed by atoms with Crippen LogP contribution in [0.1, 0.15) is 11.1 Å². The largest absolute Gasteiger partial charge is 0.0622 e. The van der Waals surface area contributed by atoms with Gasteiger partial charge in [-0.15, -0.1) is 0 Å². The molecule has 0 bridgehead atoms. The fourth-order valence-corrected chi connectivity index (χ4v) is 3.73. The summed E-state index contributed by atoms with van der Waals surface area (Å²) in [4.78, 5) is 0. The Hall–Kier alpha value is -3.64. The van der Waals surface area contributed by atoms with Crippen molar-refractivity contribution in [2.45, 2.75) is 0 Å². The molecule has 0 heteroatoms. The van der Waals surface area contributed by atoms with Crippen molar-refractivity contribution in [3.05, 3.63) is 120 Å². The molecule has 0 radical (unpaired) electrons. The van der Waals surface area contributed by atoms with E-state index in [0.717, 1.165) is 0 Å². The van der Waals surface area contributed by atoms with Crippen LogP contribution in [0.5, 0.6) is 0 Å². The van der Waals surface area contributed by atoms with Crippen molar-refractivity contribution >= 4 is 33.7 Å². The zero-order chi connectivity index (χ0) is 18.8. The quantitative estimate of drug-likeness (QED) is 0.228. The third-order valence-electron chi connectivity index (χ3n) is 5.26. The minimum Gasteiger partial charge on any atom is -0.0622 e. The van der Waals surface area contributed by atoms with Crippen LogP contribution in [0.4, 0.5) is 0 Å². The standard InChI is InChI=1S/C28H20/c1-2-6-23(7-3-1)24-15-12-21(13-16-24)10-11-22-14-17-26-19-18-25-8-4-5-9-27(25)28(26)20-22/h1-20H/b11-10-. The monoisotopic (exact) mass is 356 g/mol. The highest BCUT2D eigenvalue weighted by atomic mass is 14.0. The first-order valence-electron chi connectivity index (χ1n) is 9.62. The van der Waals surface area contributed by atoms with Crippen LogP contribution < -0.4 is 0 Å². The van der Waals surface area contributed by atoms with Gasteiger partial charge in [0.15, 0.2) is 0 Å². The van der Waals surface area contributed by atoms with Crippen molar-refractivity contribution < 1.29 is 0 Å². The maximum absolute atomic E-state index is 2.28. The van der Waals surface area contributed by atoms with Crippen LogP contribution in [0.3, 0.4) is 0 Å². The van der Waals surface area contributed by atoms with Gasteiger partial charge in [-0.1, -0.05) is 115 Å². The lowest BCUT2D eigenvalue weighted by Crippen LogP contribution is -1.80. The molecule has 0 spiro atoms. The second-order valence-electron chi connectivity index (χ2n) is 7.09. The average Bonchev–Trinajstić information content (AvgIpc) is 2.78. The Morgan fingerprint density at radius 3 is 1.79 bits per heavy atom. The topological polar surface area (TPSA) is 0 Å². The van der Waals surface area contributed by atoms with Crippen LogP contribution in [0, 0.1) is 0 Å². The van der Waals surface area contributed by atoms with E-state index >= 15 is 0 Å². The second-order valence-corrected chi connectivity index (χ2v) is 7.09. The van der Waals surface area contributed by atoms with Crippen molar-refractivity contribution in [1.82, 2.24) is 0 Å². The van der Waals surface area contributed by atoms with Crippen molar-refractivity contribution in [3.8, 4) is 11.1 Å². The fraction of sp³-hybridized carbons (Fsp3) is 0. The molecule has 0 atom stereocenters. The van der Waals surface area contributed by atoms with Crippen LogP contribution in [-0.4, -0.2) is 0 Å². The van der Waals surface area contributed by atoms with Gasteiger partial charge in [-0.25, -0.2) is 0 Å². The molecule has 0 aliphatic heterocycles. The average molecular weight is 356 g/mol. The Kier molecular flexibility index (Phi) is 4.23. The zero-order valence-electron chi connectivity index (χ0n) is 15.5. The number of hydrogen-bond donors (Lipinski definition) is 0. The van der Waals surface area contributed by atoms with Crippen molar-refractivity contribution in [3.63, 3.8) is 0 Å². The molecule has 0 saturated heterocycles. The maximum Gasteiger partial charge on any atom is -0.00995 e. The Morgan fingerprint density at radius 1 is 0.393 bits per heavy atom. The Labute approximate surface area is 165 Å². The molecule has 28 heavy (non-hydrogen) atoms. The van der Waals surface area contributed by atoms with Crippen LogP contribution in [0.2, 0.25) is 0 Å². The lowest BCUT2D eigenvalue weighted by atomic mass is 9.99. The smallest absolute Gasteiger partial charge is 0.00995 e. The van der Waals surface area contributed by atoms with Gasteiger partial charge in [0.2, 0.25) is 0 Å². The van der Waals surface area contributed by atoms with Gasteiger partial charge in [-0.2, -0.15) is 0 Å². The molecule has 0 unspecified atom stereocenters. The molecule has 5 aromatic carbocycles. The number of hydrogen-bond acceptors (Lipinski definition) is 0. The first-order chi connectivity index (χ1) is 13.9. The molecule has 0 aromatic heterocycles. The molecule has 0 saturated carbocycles. The summed E-state index contributed by atoms with van der Waals surface area (Å²) in [6.07, 6.45) is 4.37. The predicted molar refractivity (Wildman–Crippen MR) is 122 cm³/mol. The Morgan fingerprint density at radius 2 is 0.964 bits per heavy atom. The van der Waals surface area contributed by atoms with E-state index in [-0.39, 0.29) is 0 Å². The molecule has 5 rings (SSSR count). The van der Waals surface area contributed by atoms with Gasteiger partial charge < -0.3 is 0 Å². The highest BCUT2D eigenvalue weighted by Crippen LogP contribution is 2.27. The van der Waals surface area contributed by atoms with Crippen molar-refractivity contribution in [2.24, 2.45) is 0 Å². The summed E-state index contributed by atoms with van der Waals surface area (Å²) in [6, 6.07) is 38.9. The van der Waals surface area contributed by atoms with Crippen LogP contribution >= 0.6 is 0 Å². The molecule has 0 N–H and O–H groups in total. The van der Waals surface area contributed by atoms with E-state index in [1.165, 1.54) is 43.8 Å². The Bertz CT molecular complexity index is 1280. The number of fused-ring (bicyclic) bond motifs is 3. The van der Waals surface area contributed by atoms with E-state index in [9.17, 15) is 0 Å². The van der Waals surface area contributed by atoms with E-state index in [0.29, 0.717) is 0 Å². The minimum absolute atomic E-state index is 1.21. The number of benzene rings is 5. The molecule has 0 amide bonds. The summed E-state index contributed by atoms with van der Waals surface area (Å²) in [5.74, 6) is 0. The molecular weight excluding hydrogens is 336 g/mol. The minimum atomic E-state index is 1.21. The van der Waals surface area contributed by atoms with Gasteiger partial charge in [0.05, 0.1) is 0 Å². The van der Waals surface area contributed by atoms with Gasteiger partial charge in [0, 0.05) is 0 Å². The Balaban J connectivity index is 1.46. The van der Waals surface area contributed by atoms with E-state index in [2.05, 4.69) is 115 Å². The first kappa shape index (κ1) is 16.5. The van der Waals surface area contributed by atoms with Gasteiger partial charge in [-0.3, -0.25) is 0 Å². The molecule has 0 fully saturated rings. The molecule has 5 aromatic rings. The van der Waals surface area contributed by atoms with Gasteiger partial charge >= 0.3 is 0 Å². The van der Waals surface area contributed by atoms with Gasteiger partial charge in [-0.05, 0) is 49.9 Å². The highest BCUT2D eigenvalue weighted by molar-refractivity contribution is 6.08. The molecule has 0 aliphatic carbocycles. The molecule has 132 valence electrons. The first-order valence-corrected chi connectivity index (χ1v) is 9.62. The van der Waals surface area contributed by atoms with E-state index in [1.807, 2.05) is 6.07 Å². The van der Waals surface area contributed by atoms with Crippen LogP contribution in [-0.2, 0) is 0 Å². The van der Waals surface area contributed by atoms with Gasteiger partial charge in [0.1, 0.15) is 0 Å². The SMILES string of the molecule is C(=C/c1ccc2ccc3ccccc3c2c1)/c1ccc(-c2ccccc2)cc1. The summed E-state index contributed by atoms with van der Waals surface area (Å²) < 4.78 is 0. The summed E-state index contributed by atoms with van der Waals surface area (Å²) in [5, 5.41) is 5.18. The summed E-state index contributed by atoms with van der Waals surface area (Å²) in [7, 11) is 0. The van der Waals surface area contributed by atoms with Crippen LogP contribution in [0.15, 0.2) is 109 Å².